The maximum absolute atomic E-state index is 12.8. The second kappa shape index (κ2) is 12.8. The molecule has 0 unspecified atom stereocenters. The number of aryl methyl sites for hydroxylation is 2. The first-order valence-electron chi connectivity index (χ1n) is 10.6. The Hall–Kier alpha value is -2.70. The Bertz CT molecular complexity index is 778. The van der Waals surface area contributed by atoms with Gasteiger partial charge in [0.1, 0.15) is 6.04 Å². The van der Waals surface area contributed by atoms with Crippen molar-refractivity contribution < 1.29 is 9.59 Å². The number of benzene rings is 2. The van der Waals surface area contributed by atoms with Crippen LogP contribution in [0.15, 0.2) is 54.6 Å². The van der Waals surface area contributed by atoms with Crippen molar-refractivity contribution in [3.8, 4) is 0 Å². The summed E-state index contributed by atoms with van der Waals surface area (Å²) in [7, 11) is 0. The Balaban J connectivity index is 1.92. The largest absolute Gasteiger partial charge is 0.354 e. The van der Waals surface area contributed by atoms with E-state index in [2.05, 4.69) is 34.9 Å². The lowest BCUT2D eigenvalue weighted by Gasteiger charge is -2.21. The van der Waals surface area contributed by atoms with Gasteiger partial charge in [0.15, 0.2) is 0 Å². The van der Waals surface area contributed by atoms with Gasteiger partial charge >= 0.3 is 0 Å². The van der Waals surface area contributed by atoms with Gasteiger partial charge in [-0.25, -0.2) is 0 Å². The van der Waals surface area contributed by atoms with Crippen molar-refractivity contribution in [2.45, 2.75) is 51.1 Å². The molecule has 2 aromatic rings. The van der Waals surface area contributed by atoms with Crippen molar-refractivity contribution in [1.82, 2.24) is 10.6 Å². The quantitative estimate of drug-likeness (QED) is 0.428. The third-order valence-electron chi connectivity index (χ3n) is 5.09. The van der Waals surface area contributed by atoms with Crippen molar-refractivity contribution in [3.05, 3.63) is 71.3 Å². The predicted octanol–water partition coefficient (Wildman–Crippen LogP) is 1.84. The van der Waals surface area contributed by atoms with Gasteiger partial charge in [-0.1, -0.05) is 60.2 Å². The molecule has 0 spiro atoms. The van der Waals surface area contributed by atoms with Crippen LogP contribution in [0.1, 0.15) is 36.0 Å². The Kier molecular flexibility index (Phi) is 10.0. The summed E-state index contributed by atoms with van der Waals surface area (Å²) in [5.41, 5.74) is 14.9. The number of rotatable bonds is 12. The topological polar surface area (TPSA) is 110 Å². The van der Waals surface area contributed by atoms with Crippen LogP contribution >= 0.6 is 0 Å². The van der Waals surface area contributed by atoms with Crippen LogP contribution in [0.2, 0.25) is 0 Å². The van der Waals surface area contributed by atoms with E-state index in [1.54, 1.807) is 0 Å². The van der Waals surface area contributed by atoms with Gasteiger partial charge in [-0.15, -0.1) is 0 Å². The summed E-state index contributed by atoms with van der Waals surface area (Å²) in [6, 6.07) is 16.9. The normalized spacial score (nSPS) is 12.8. The first-order valence-corrected chi connectivity index (χ1v) is 10.6. The Labute approximate surface area is 179 Å². The molecule has 30 heavy (non-hydrogen) atoms. The number of hydrogen-bond acceptors (Lipinski definition) is 4. The number of hydrogen-bond donors (Lipinski definition) is 4. The van der Waals surface area contributed by atoms with Gasteiger partial charge in [0.25, 0.3) is 0 Å². The summed E-state index contributed by atoms with van der Waals surface area (Å²) in [5.74, 6) is -0.493. The second-order valence-electron chi connectivity index (χ2n) is 7.65. The van der Waals surface area contributed by atoms with Gasteiger partial charge in [0.2, 0.25) is 11.8 Å². The Morgan fingerprint density at radius 3 is 2.23 bits per heavy atom. The molecule has 0 aromatic heterocycles. The molecule has 0 heterocycles. The van der Waals surface area contributed by atoms with Crippen LogP contribution in [0, 0.1) is 6.92 Å². The number of amides is 2. The molecule has 6 N–H and O–H groups in total. The minimum Gasteiger partial charge on any atom is -0.354 e. The van der Waals surface area contributed by atoms with Gasteiger partial charge in [-0.05, 0) is 56.7 Å². The van der Waals surface area contributed by atoms with Crippen LogP contribution in [0.25, 0.3) is 0 Å². The molecule has 2 aromatic carbocycles. The SMILES string of the molecule is Cc1ccc(CCNC(=O)[C@@H](CCc2ccccc2)NC(=O)[C@H](N)CCCN)cc1. The summed E-state index contributed by atoms with van der Waals surface area (Å²) in [4.78, 5) is 25.2. The van der Waals surface area contributed by atoms with Crippen LogP contribution in [-0.2, 0) is 22.4 Å². The molecule has 6 nitrogen and oxygen atoms in total. The van der Waals surface area contributed by atoms with Gasteiger partial charge in [-0.2, -0.15) is 0 Å². The maximum Gasteiger partial charge on any atom is 0.242 e. The van der Waals surface area contributed by atoms with Crippen LogP contribution in [-0.4, -0.2) is 37.0 Å². The molecule has 2 rings (SSSR count). The summed E-state index contributed by atoms with van der Waals surface area (Å²) in [5, 5.41) is 5.79. The number of nitrogens with two attached hydrogens (primary N) is 2. The lowest BCUT2D eigenvalue weighted by molar-refractivity contribution is -0.129. The minimum atomic E-state index is -0.659. The first-order chi connectivity index (χ1) is 14.5. The van der Waals surface area contributed by atoms with Crippen LogP contribution < -0.4 is 22.1 Å². The van der Waals surface area contributed by atoms with Crippen LogP contribution in [0.4, 0.5) is 0 Å². The van der Waals surface area contributed by atoms with Crippen molar-refractivity contribution in [2.24, 2.45) is 11.5 Å². The zero-order valence-corrected chi connectivity index (χ0v) is 17.8. The lowest BCUT2D eigenvalue weighted by Crippen LogP contribution is -2.52. The zero-order valence-electron chi connectivity index (χ0n) is 17.8. The highest BCUT2D eigenvalue weighted by Crippen LogP contribution is 2.07. The molecule has 0 radical (unpaired) electrons. The van der Waals surface area contributed by atoms with E-state index in [9.17, 15) is 9.59 Å². The number of nitrogens with one attached hydrogen (secondary N) is 2. The molecule has 0 aliphatic heterocycles. The lowest BCUT2D eigenvalue weighted by atomic mass is 10.0. The van der Waals surface area contributed by atoms with E-state index in [4.69, 9.17) is 11.5 Å². The van der Waals surface area contributed by atoms with Crippen molar-refractivity contribution >= 4 is 11.8 Å². The standard InChI is InChI=1S/C24H34N4O2/c1-18-9-11-20(12-10-18)15-17-27-24(30)22(14-13-19-6-3-2-4-7-19)28-23(29)21(26)8-5-16-25/h2-4,6-7,9-12,21-22H,5,8,13-17,25-26H2,1H3,(H,27,30)(H,28,29)/t21-,22-/m1/s1. The van der Waals surface area contributed by atoms with E-state index in [1.165, 1.54) is 5.56 Å². The minimum absolute atomic E-state index is 0.183. The monoisotopic (exact) mass is 410 g/mol. The van der Waals surface area contributed by atoms with E-state index in [-0.39, 0.29) is 11.8 Å². The van der Waals surface area contributed by atoms with Gasteiger partial charge in [-0.3, -0.25) is 9.59 Å². The van der Waals surface area contributed by atoms with Crippen LogP contribution in [0.3, 0.4) is 0 Å². The van der Waals surface area contributed by atoms with E-state index >= 15 is 0 Å². The zero-order chi connectivity index (χ0) is 21.8. The molecular formula is C24H34N4O2. The van der Waals surface area contributed by atoms with E-state index < -0.39 is 12.1 Å². The molecule has 0 aliphatic carbocycles. The highest BCUT2D eigenvalue weighted by atomic mass is 16.2. The second-order valence-corrected chi connectivity index (χ2v) is 7.65. The highest BCUT2D eigenvalue weighted by molar-refractivity contribution is 5.89. The average Bonchev–Trinajstić information content (AvgIpc) is 2.76. The molecule has 162 valence electrons. The molecule has 0 fully saturated rings. The Morgan fingerprint density at radius 1 is 0.900 bits per heavy atom. The maximum atomic E-state index is 12.8. The first kappa shape index (κ1) is 23.6. The van der Waals surface area contributed by atoms with Crippen molar-refractivity contribution in [3.63, 3.8) is 0 Å². The summed E-state index contributed by atoms with van der Waals surface area (Å²) in [6.45, 7) is 3.04. The van der Waals surface area contributed by atoms with Crippen LogP contribution in [0.5, 0.6) is 0 Å². The fraction of sp³-hybridized carbons (Fsp3) is 0.417. The summed E-state index contributed by atoms with van der Waals surface area (Å²) < 4.78 is 0. The fourth-order valence-electron chi connectivity index (χ4n) is 3.18. The smallest absolute Gasteiger partial charge is 0.242 e. The van der Waals surface area contributed by atoms with Gasteiger partial charge in [0.05, 0.1) is 6.04 Å². The van der Waals surface area contributed by atoms with E-state index in [1.807, 2.05) is 37.3 Å². The molecule has 0 bridgehead atoms. The molecule has 2 amide bonds. The number of carbonyl (C=O) groups excluding carboxylic acids is 2. The summed E-state index contributed by atoms with van der Waals surface area (Å²) >= 11 is 0. The third-order valence-corrected chi connectivity index (χ3v) is 5.09. The van der Waals surface area contributed by atoms with E-state index in [0.717, 1.165) is 17.5 Å². The molecule has 6 heteroatoms. The molecule has 0 saturated heterocycles. The van der Waals surface area contributed by atoms with Gasteiger partial charge < -0.3 is 22.1 Å². The summed E-state index contributed by atoms with van der Waals surface area (Å²) in [6.07, 6.45) is 3.11. The molecular weight excluding hydrogens is 376 g/mol. The molecule has 0 aliphatic rings. The Morgan fingerprint density at radius 2 is 1.57 bits per heavy atom. The van der Waals surface area contributed by atoms with Gasteiger partial charge in [0, 0.05) is 6.54 Å². The fourth-order valence-corrected chi connectivity index (χ4v) is 3.18. The highest BCUT2D eigenvalue weighted by Gasteiger charge is 2.23. The molecule has 2 atom stereocenters. The molecule has 0 saturated carbocycles. The predicted molar refractivity (Wildman–Crippen MR) is 121 cm³/mol. The van der Waals surface area contributed by atoms with Crippen molar-refractivity contribution in [2.75, 3.05) is 13.1 Å². The van der Waals surface area contributed by atoms with E-state index in [0.29, 0.717) is 38.8 Å². The number of carbonyl (C=O) groups is 2. The third kappa shape index (κ3) is 8.35. The average molecular weight is 411 g/mol. The van der Waals surface area contributed by atoms with Crippen molar-refractivity contribution in [1.29, 1.82) is 0 Å².